The Labute approximate surface area is 215 Å². The molecule has 1 aliphatic rings. The molecule has 1 saturated heterocycles. The van der Waals surface area contributed by atoms with Crippen molar-refractivity contribution in [3.05, 3.63) is 0 Å². The normalized spacial score (nSPS) is 18.8. The van der Waals surface area contributed by atoms with Crippen LogP contribution in [0.4, 0.5) is 0 Å². The zero-order chi connectivity index (χ0) is 25.1. The number of rotatable bonds is 16. The predicted molar refractivity (Wildman–Crippen MR) is 143 cm³/mol. The number of carbonyl (C=O) groups excluding carboxylic acids is 1. The topological polar surface area (TPSA) is 95.9 Å². The number of aliphatic carboxylic acids is 1. The van der Waals surface area contributed by atoms with Gasteiger partial charge in [0.25, 0.3) is 0 Å². The van der Waals surface area contributed by atoms with Crippen LogP contribution in [-0.2, 0) is 14.3 Å². The van der Waals surface area contributed by atoms with Gasteiger partial charge < -0.3 is 20.3 Å². The van der Waals surface area contributed by atoms with Gasteiger partial charge in [-0.25, -0.2) is 0 Å². The van der Waals surface area contributed by atoms with Crippen LogP contribution in [0.2, 0.25) is 0 Å². The first kappa shape index (κ1) is 35.3. The highest BCUT2D eigenvalue weighted by Gasteiger charge is 2.21. The maximum absolute atomic E-state index is 11.7. The van der Waals surface area contributed by atoms with Crippen LogP contribution in [0.5, 0.6) is 0 Å². The Kier molecular flexibility index (Phi) is 22.3. The Morgan fingerprint density at radius 1 is 1.06 bits per heavy atom. The van der Waals surface area contributed by atoms with Crippen LogP contribution < -0.4 is 5.32 Å². The van der Waals surface area contributed by atoms with Gasteiger partial charge in [0.05, 0.1) is 0 Å². The highest BCUT2D eigenvalue weighted by atomic mass is 35.5. The van der Waals surface area contributed by atoms with Gasteiger partial charge in [-0.1, -0.05) is 66.2 Å². The molecule has 1 aliphatic heterocycles. The number of nitrogens with one attached hydrogen (secondary N) is 1. The van der Waals surface area contributed by atoms with Crippen molar-refractivity contribution in [2.45, 2.75) is 137 Å². The molecule has 1 heterocycles. The van der Waals surface area contributed by atoms with Crippen LogP contribution in [-0.4, -0.2) is 47.4 Å². The van der Waals surface area contributed by atoms with Crippen molar-refractivity contribution in [1.82, 2.24) is 5.32 Å². The van der Waals surface area contributed by atoms with Gasteiger partial charge in [-0.05, 0) is 63.3 Å². The summed E-state index contributed by atoms with van der Waals surface area (Å²) in [5.41, 5.74) is 0.495. The number of hydrogen-bond acceptors (Lipinski definition) is 5. The molecule has 1 fully saturated rings. The molecule has 204 valence electrons. The van der Waals surface area contributed by atoms with E-state index in [9.17, 15) is 9.59 Å². The molecule has 0 aromatic rings. The number of carbonyl (C=O) groups is 2. The summed E-state index contributed by atoms with van der Waals surface area (Å²) in [5.74, 6) is -0.303. The van der Waals surface area contributed by atoms with E-state index < -0.39 is 5.97 Å². The summed E-state index contributed by atoms with van der Waals surface area (Å²) in [4.78, 5) is 22.1. The maximum Gasteiger partial charge on any atom is 0.306 e. The lowest BCUT2D eigenvalue weighted by Gasteiger charge is -2.27. The number of halogens is 1. The van der Waals surface area contributed by atoms with Gasteiger partial charge in [-0.3, -0.25) is 9.59 Å². The van der Waals surface area contributed by atoms with Crippen molar-refractivity contribution >= 4 is 24.3 Å². The number of ether oxygens (including phenoxy) is 1. The minimum Gasteiger partial charge on any atom is -0.481 e. The fourth-order valence-electron chi connectivity index (χ4n) is 3.89. The lowest BCUT2D eigenvalue weighted by Crippen LogP contribution is -2.40. The average molecular weight is 508 g/mol. The Bertz CT molecular complexity index is 515. The van der Waals surface area contributed by atoms with E-state index in [1.807, 2.05) is 0 Å². The first-order chi connectivity index (χ1) is 15.6. The smallest absolute Gasteiger partial charge is 0.306 e. The van der Waals surface area contributed by atoms with E-state index >= 15 is 0 Å². The number of esters is 1. The molecular weight excluding hydrogens is 454 g/mol. The fraction of sp³-hybridized carbons (Fsp3) is 0.926. The zero-order valence-electron chi connectivity index (χ0n) is 22.6. The van der Waals surface area contributed by atoms with Crippen molar-refractivity contribution in [3.63, 3.8) is 0 Å². The lowest BCUT2D eigenvalue weighted by atomic mass is 9.84. The highest BCUT2D eigenvalue weighted by molar-refractivity contribution is 5.85. The van der Waals surface area contributed by atoms with E-state index in [0.29, 0.717) is 30.4 Å². The Hall–Kier alpha value is -0.850. The summed E-state index contributed by atoms with van der Waals surface area (Å²) in [6.07, 6.45) is 13.4. The predicted octanol–water partition coefficient (Wildman–Crippen LogP) is 6.52. The van der Waals surface area contributed by atoms with Gasteiger partial charge in [-0.2, -0.15) is 0 Å². The molecule has 1 rings (SSSR count). The summed E-state index contributed by atoms with van der Waals surface area (Å²) < 4.78 is 5.49. The molecule has 3 unspecified atom stereocenters. The van der Waals surface area contributed by atoms with E-state index in [1.165, 1.54) is 25.7 Å². The number of piperidine rings is 1. The van der Waals surface area contributed by atoms with Crippen LogP contribution in [0.1, 0.15) is 125 Å². The molecule has 3 N–H and O–H groups in total. The molecule has 0 spiro atoms. The largest absolute Gasteiger partial charge is 0.481 e. The monoisotopic (exact) mass is 507 g/mol. The van der Waals surface area contributed by atoms with Crippen molar-refractivity contribution < 1.29 is 24.5 Å². The third-order valence-corrected chi connectivity index (χ3v) is 6.71. The van der Waals surface area contributed by atoms with Crippen molar-refractivity contribution in [2.24, 2.45) is 11.3 Å². The van der Waals surface area contributed by atoms with E-state index in [-0.39, 0.29) is 30.9 Å². The maximum atomic E-state index is 11.7. The minimum atomic E-state index is -0.718. The van der Waals surface area contributed by atoms with Crippen molar-refractivity contribution in [1.29, 1.82) is 0 Å². The molecule has 0 amide bonds. The number of carboxylic acids is 1. The van der Waals surface area contributed by atoms with Gasteiger partial charge in [-0.15, -0.1) is 12.4 Å². The number of hydrogen-bond donors (Lipinski definition) is 3. The zero-order valence-corrected chi connectivity index (χ0v) is 23.4. The SMILES string of the molecule is CC1CC(OC(=O)CCCCCCCCC(=O)O)CCN1.CCC(C)(C)CCCC(C)CO.Cl. The molecule has 34 heavy (non-hydrogen) atoms. The first-order valence-corrected chi connectivity index (χ1v) is 13.3. The Morgan fingerprint density at radius 2 is 1.65 bits per heavy atom. The van der Waals surface area contributed by atoms with Gasteiger partial charge in [0.2, 0.25) is 0 Å². The number of aliphatic hydroxyl groups is 1. The van der Waals surface area contributed by atoms with Gasteiger partial charge >= 0.3 is 11.9 Å². The van der Waals surface area contributed by atoms with Gasteiger partial charge in [0.1, 0.15) is 6.10 Å². The van der Waals surface area contributed by atoms with Crippen LogP contribution in [0.25, 0.3) is 0 Å². The van der Waals surface area contributed by atoms with Crippen LogP contribution in [0.3, 0.4) is 0 Å². The second-order valence-corrected chi connectivity index (χ2v) is 10.7. The van der Waals surface area contributed by atoms with Crippen LogP contribution in [0, 0.1) is 11.3 Å². The Balaban J connectivity index is 0. The molecule has 0 aromatic carbocycles. The van der Waals surface area contributed by atoms with E-state index in [0.717, 1.165) is 57.9 Å². The quantitative estimate of drug-likeness (QED) is 0.162. The van der Waals surface area contributed by atoms with E-state index in [1.54, 1.807) is 0 Å². The molecule has 3 atom stereocenters. The third kappa shape index (κ3) is 21.7. The summed E-state index contributed by atoms with van der Waals surface area (Å²) in [6.45, 7) is 12.4. The van der Waals surface area contributed by atoms with Crippen molar-refractivity contribution in [3.8, 4) is 0 Å². The molecule has 0 saturated carbocycles. The standard InChI is InChI=1S/C16H29NO4.C11H24O.ClH/c1-13-12-14(10-11-17-13)21-16(20)9-7-5-3-2-4-6-8-15(18)19;1-5-11(3,4)8-6-7-10(2)9-12;/h13-14,17H,2-12H2,1H3,(H,18,19);10,12H,5-9H2,1-4H3;1H. The average Bonchev–Trinajstić information content (AvgIpc) is 2.75. The molecule has 6 nitrogen and oxygen atoms in total. The first-order valence-electron chi connectivity index (χ1n) is 13.3. The summed E-state index contributed by atoms with van der Waals surface area (Å²) in [5, 5.41) is 20.7. The number of carboxylic acid groups (broad SMARTS) is 1. The molecule has 0 aromatic heterocycles. The highest BCUT2D eigenvalue weighted by Crippen LogP contribution is 2.27. The lowest BCUT2D eigenvalue weighted by molar-refractivity contribution is -0.150. The van der Waals surface area contributed by atoms with Crippen LogP contribution >= 0.6 is 12.4 Å². The van der Waals surface area contributed by atoms with Gasteiger partial charge in [0, 0.05) is 25.5 Å². The van der Waals surface area contributed by atoms with E-state index in [2.05, 4.69) is 39.9 Å². The summed E-state index contributed by atoms with van der Waals surface area (Å²) in [6, 6.07) is 0.433. The van der Waals surface area contributed by atoms with Gasteiger partial charge in [0.15, 0.2) is 0 Å². The number of aliphatic hydroxyl groups excluding tert-OH is 1. The third-order valence-electron chi connectivity index (χ3n) is 6.71. The van der Waals surface area contributed by atoms with Crippen LogP contribution in [0.15, 0.2) is 0 Å². The number of unbranched alkanes of at least 4 members (excludes halogenated alkanes) is 5. The Morgan fingerprint density at radius 3 is 2.18 bits per heavy atom. The second-order valence-electron chi connectivity index (χ2n) is 10.7. The second kappa shape index (κ2) is 21.4. The van der Waals surface area contributed by atoms with E-state index in [4.69, 9.17) is 14.9 Å². The molecule has 0 bridgehead atoms. The molecule has 0 aliphatic carbocycles. The molecule has 7 heteroatoms. The molecule has 0 radical (unpaired) electrons. The summed E-state index contributed by atoms with van der Waals surface area (Å²) >= 11 is 0. The summed E-state index contributed by atoms with van der Waals surface area (Å²) in [7, 11) is 0. The fourth-order valence-corrected chi connectivity index (χ4v) is 3.89. The minimum absolute atomic E-state index is 0. The van der Waals surface area contributed by atoms with Crippen molar-refractivity contribution in [2.75, 3.05) is 13.2 Å². The molecular formula is C27H54ClNO5.